The first-order valence-electron chi connectivity index (χ1n) is 7.93. The molecular formula is C16H12N6O3S3. The molecule has 0 aliphatic carbocycles. The van der Waals surface area contributed by atoms with Gasteiger partial charge in [0.25, 0.3) is 5.91 Å². The molecule has 4 aromatic rings. The molecule has 1 amide bonds. The van der Waals surface area contributed by atoms with Gasteiger partial charge >= 0.3 is 0 Å². The number of anilines is 1. The van der Waals surface area contributed by atoms with Crippen LogP contribution in [0.15, 0.2) is 53.4 Å². The molecule has 0 saturated carbocycles. The summed E-state index contributed by atoms with van der Waals surface area (Å²) < 4.78 is 35.7. The Morgan fingerprint density at radius 1 is 1.00 bits per heavy atom. The van der Waals surface area contributed by atoms with Crippen molar-refractivity contribution in [3.05, 3.63) is 58.5 Å². The maximum absolute atomic E-state index is 12.6. The van der Waals surface area contributed by atoms with Crippen molar-refractivity contribution in [1.29, 1.82) is 0 Å². The Hall–Kier alpha value is -2.80. The molecule has 0 unspecified atom stereocenters. The third-order valence-corrected chi connectivity index (χ3v) is 6.54. The second-order valence-corrected chi connectivity index (χ2v) is 8.86. The summed E-state index contributed by atoms with van der Waals surface area (Å²) in [7, 11) is -3.82. The number of nitrogens with zero attached hydrogens (tertiary/aromatic N) is 4. The summed E-state index contributed by atoms with van der Waals surface area (Å²) in [5.41, 5.74) is 1.47. The van der Waals surface area contributed by atoms with Gasteiger partial charge in [-0.2, -0.15) is 8.75 Å². The molecule has 12 heteroatoms. The SMILES string of the molecule is O=C(Nc1ccccc1)c1nnc(CNS(=O)(=O)c2cccc3nsnc23)s1. The standard InChI is InChI=1S/C16H12N6O3S3/c23-15(18-10-5-2-1-3-6-10)16-20-19-13(26-16)9-17-28(24,25)12-8-4-7-11-14(12)22-27-21-11/h1-8,17H,9H2,(H,18,23). The van der Waals surface area contributed by atoms with Crippen LogP contribution in [0.3, 0.4) is 0 Å². The Bertz CT molecular complexity index is 1240. The molecule has 0 saturated heterocycles. The second-order valence-electron chi connectivity index (χ2n) is 5.53. The van der Waals surface area contributed by atoms with Crippen LogP contribution in [-0.4, -0.2) is 33.3 Å². The first-order valence-corrected chi connectivity index (χ1v) is 11.0. The summed E-state index contributed by atoms with van der Waals surface area (Å²) in [5, 5.41) is 10.9. The summed E-state index contributed by atoms with van der Waals surface area (Å²) in [6, 6.07) is 13.7. The summed E-state index contributed by atoms with van der Waals surface area (Å²) in [6.07, 6.45) is 0. The Morgan fingerprint density at radius 2 is 1.82 bits per heavy atom. The molecule has 142 valence electrons. The van der Waals surface area contributed by atoms with Gasteiger partial charge in [-0.25, -0.2) is 13.1 Å². The van der Waals surface area contributed by atoms with Gasteiger partial charge in [0.05, 0.1) is 18.3 Å². The lowest BCUT2D eigenvalue weighted by molar-refractivity contribution is 0.102. The highest BCUT2D eigenvalue weighted by atomic mass is 32.2. The van der Waals surface area contributed by atoms with E-state index in [-0.39, 0.29) is 16.4 Å². The molecule has 2 aromatic heterocycles. The van der Waals surface area contributed by atoms with Crippen LogP contribution in [0.5, 0.6) is 0 Å². The molecule has 0 bridgehead atoms. The summed E-state index contributed by atoms with van der Waals surface area (Å²) in [4.78, 5) is 12.3. The van der Waals surface area contributed by atoms with E-state index < -0.39 is 15.9 Å². The van der Waals surface area contributed by atoms with Crippen LogP contribution in [0.2, 0.25) is 0 Å². The third kappa shape index (κ3) is 3.89. The normalized spacial score (nSPS) is 11.6. The first-order chi connectivity index (χ1) is 13.5. The average molecular weight is 433 g/mol. The Kier molecular flexibility index (Phi) is 5.09. The zero-order valence-electron chi connectivity index (χ0n) is 14.1. The van der Waals surface area contributed by atoms with Crippen LogP contribution < -0.4 is 10.0 Å². The number of rotatable bonds is 6. The van der Waals surface area contributed by atoms with E-state index in [1.165, 1.54) is 6.07 Å². The molecule has 0 fully saturated rings. The lowest BCUT2D eigenvalue weighted by Crippen LogP contribution is -2.23. The predicted octanol–water partition coefficient (Wildman–Crippen LogP) is 2.27. The molecule has 0 atom stereocenters. The monoisotopic (exact) mass is 432 g/mol. The van der Waals surface area contributed by atoms with Crippen molar-refractivity contribution in [3.8, 4) is 0 Å². The lowest BCUT2D eigenvalue weighted by Gasteiger charge is -2.05. The van der Waals surface area contributed by atoms with Gasteiger partial charge in [0.1, 0.15) is 20.9 Å². The highest BCUT2D eigenvalue weighted by Gasteiger charge is 2.20. The Morgan fingerprint density at radius 3 is 2.64 bits per heavy atom. The molecule has 0 aliphatic rings. The van der Waals surface area contributed by atoms with Crippen molar-refractivity contribution < 1.29 is 13.2 Å². The van der Waals surface area contributed by atoms with Crippen LogP contribution in [0.1, 0.15) is 14.8 Å². The highest BCUT2D eigenvalue weighted by Crippen LogP contribution is 2.21. The number of para-hydroxylation sites is 1. The smallest absolute Gasteiger partial charge is 0.286 e. The van der Waals surface area contributed by atoms with Crippen molar-refractivity contribution in [1.82, 2.24) is 23.7 Å². The highest BCUT2D eigenvalue weighted by molar-refractivity contribution is 7.89. The third-order valence-electron chi connectivity index (χ3n) is 3.64. The van der Waals surface area contributed by atoms with Crippen LogP contribution in [0.25, 0.3) is 11.0 Å². The number of fused-ring (bicyclic) bond motifs is 1. The first kappa shape index (κ1) is 18.6. The largest absolute Gasteiger partial charge is 0.320 e. The van der Waals surface area contributed by atoms with E-state index in [9.17, 15) is 13.2 Å². The van der Waals surface area contributed by atoms with Gasteiger partial charge in [-0.05, 0) is 24.3 Å². The zero-order chi connectivity index (χ0) is 19.6. The maximum Gasteiger partial charge on any atom is 0.286 e. The van der Waals surface area contributed by atoms with Crippen LogP contribution in [0, 0.1) is 0 Å². The van der Waals surface area contributed by atoms with Gasteiger partial charge in [0, 0.05) is 5.69 Å². The second kappa shape index (κ2) is 7.67. The van der Waals surface area contributed by atoms with Gasteiger partial charge in [-0.1, -0.05) is 35.6 Å². The molecule has 2 aromatic carbocycles. The summed E-state index contributed by atoms with van der Waals surface area (Å²) in [5.74, 6) is -0.406. The predicted molar refractivity (Wildman–Crippen MR) is 106 cm³/mol. The number of carbonyl (C=O) groups excluding carboxylic acids is 1. The fourth-order valence-electron chi connectivity index (χ4n) is 2.36. The van der Waals surface area contributed by atoms with Gasteiger partial charge in [0.2, 0.25) is 15.0 Å². The number of carbonyl (C=O) groups is 1. The van der Waals surface area contributed by atoms with Crippen LogP contribution in [-0.2, 0) is 16.6 Å². The van der Waals surface area contributed by atoms with E-state index >= 15 is 0 Å². The number of hydrogen-bond donors (Lipinski definition) is 2. The molecule has 2 heterocycles. The molecule has 2 N–H and O–H groups in total. The maximum atomic E-state index is 12.6. The zero-order valence-corrected chi connectivity index (χ0v) is 16.5. The number of hydrogen-bond acceptors (Lipinski definition) is 9. The van der Waals surface area contributed by atoms with Crippen molar-refractivity contribution in [2.75, 3.05) is 5.32 Å². The van der Waals surface area contributed by atoms with E-state index in [2.05, 4.69) is 29.0 Å². The topological polar surface area (TPSA) is 127 Å². The fourth-order valence-corrected chi connectivity index (χ4v) is 4.87. The molecule has 0 spiro atoms. The molecule has 4 rings (SSSR count). The minimum Gasteiger partial charge on any atom is -0.320 e. The minimum absolute atomic E-state index is 0.0466. The molecule has 9 nitrogen and oxygen atoms in total. The van der Waals surface area contributed by atoms with Crippen LogP contribution >= 0.6 is 23.1 Å². The molecular weight excluding hydrogens is 420 g/mol. The van der Waals surface area contributed by atoms with E-state index in [0.717, 1.165) is 23.1 Å². The van der Waals surface area contributed by atoms with Crippen LogP contribution in [0.4, 0.5) is 5.69 Å². The fraction of sp³-hybridized carbons (Fsp3) is 0.0625. The van der Waals surface area contributed by atoms with Gasteiger partial charge in [0.15, 0.2) is 0 Å². The van der Waals surface area contributed by atoms with Crippen molar-refractivity contribution in [3.63, 3.8) is 0 Å². The summed E-state index contributed by atoms with van der Waals surface area (Å²) >= 11 is 1.96. The van der Waals surface area contributed by atoms with Gasteiger partial charge < -0.3 is 5.32 Å². The number of nitrogens with one attached hydrogen (secondary N) is 2. The average Bonchev–Trinajstić information content (AvgIpc) is 3.36. The van der Waals surface area contributed by atoms with E-state index in [1.807, 2.05) is 6.07 Å². The quantitative estimate of drug-likeness (QED) is 0.478. The number of benzene rings is 2. The Labute approximate surface area is 167 Å². The number of amides is 1. The van der Waals surface area contributed by atoms with Gasteiger partial charge in [-0.15, -0.1) is 10.2 Å². The number of aromatic nitrogens is 4. The summed E-state index contributed by atoms with van der Waals surface area (Å²) in [6.45, 7) is -0.0907. The molecule has 0 aliphatic heterocycles. The van der Waals surface area contributed by atoms with E-state index in [4.69, 9.17) is 0 Å². The van der Waals surface area contributed by atoms with Crippen molar-refractivity contribution in [2.45, 2.75) is 11.4 Å². The van der Waals surface area contributed by atoms with Crippen molar-refractivity contribution in [2.24, 2.45) is 0 Å². The lowest BCUT2D eigenvalue weighted by atomic mass is 10.3. The number of sulfonamides is 1. The van der Waals surface area contributed by atoms with E-state index in [1.54, 1.807) is 36.4 Å². The van der Waals surface area contributed by atoms with Gasteiger partial charge in [-0.3, -0.25) is 4.79 Å². The Balaban J connectivity index is 1.45. The molecule has 0 radical (unpaired) electrons. The minimum atomic E-state index is -3.82. The van der Waals surface area contributed by atoms with E-state index in [0.29, 0.717) is 21.7 Å². The van der Waals surface area contributed by atoms with Crippen molar-refractivity contribution >= 4 is 55.7 Å². The molecule has 28 heavy (non-hydrogen) atoms.